The molecular weight excluding hydrogens is 349 g/mol. The Balaban J connectivity index is 1.38. The number of rotatable bonds is 5. The van der Waals surface area contributed by atoms with Crippen molar-refractivity contribution in [2.75, 3.05) is 0 Å². The van der Waals surface area contributed by atoms with Gasteiger partial charge < -0.3 is 9.84 Å². The maximum atomic E-state index is 13.0. The first-order valence-electron chi connectivity index (χ1n) is 9.08. The van der Waals surface area contributed by atoms with Crippen molar-refractivity contribution in [2.45, 2.75) is 43.9 Å². The van der Waals surface area contributed by atoms with Crippen molar-refractivity contribution in [2.24, 2.45) is 0 Å². The number of nitrogens with zero attached hydrogens (tertiary/aromatic N) is 1. The van der Waals surface area contributed by atoms with Gasteiger partial charge in [-0.15, -0.1) is 0 Å². The number of aliphatic hydroxyl groups is 1. The molecule has 2 aromatic carbocycles. The number of carbonyl (C=O) groups excluding carboxylic acids is 2. The van der Waals surface area contributed by atoms with Crippen molar-refractivity contribution in [1.29, 1.82) is 0 Å². The molecule has 0 bridgehead atoms. The van der Waals surface area contributed by atoms with E-state index in [0.717, 1.165) is 11.1 Å². The molecule has 0 spiro atoms. The molecule has 27 heavy (non-hydrogen) atoms. The van der Waals surface area contributed by atoms with Crippen LogP contribution in [0.1, 0.15) is 48.1 Å². The normalized spacial score (nSPS) is 21.6. The van der Waals surface area contributed by atoms with Crippen LogP contribution in [0.3, 0.4) is 0 Å². The van der Waals surface area contributed by atoms with Gasteiger partial charge in [0.1, 0.15) is 18.0 Å². The molecule has 2 aliphatic rings. The molecule has 4 rings (SSSR count). The van der Waals surface area contributed by atoms with Crippen LogP contribution in [0.15, 0.2) is 48.5 Å². The molecule has 1 heterocycles. The third-order valence-corrected chi connectivity index (χ3v) is 5.27. The van der Waals surface area contributed by atoms with Gasteiger partial charge in [-0.1, -0.05) is 36.4 Å². The molecule has 1 fully saturated rings. The minimum Gasteiger partial charge on any atom is -0.443 e. The SMILES string of the molecule is O=C(CCC[C@H](O)c1ccc(F)cc1)N1C(=O)O[C@@H]2Cc3ccccc3[C@@H]21. The van der Waals surface area contributed by atoms with E-state index in [9.17, 15) is 19.1 Å². The highest BCUT2D eigenvalue weighted by Gasteiger charge is 2.49. The van der Waals surface area contributed by atoms with Crippen molar-refractivity contribution in [3.05, 3.63) is 71.0 Å². The van der Waals surface area contributed by atoms with Crippen LogP contribution in [0.5, 0.6) is 0 Å². The lowest BCUT2D eigenvalue weighted by atomic mass is 10.0. The summed E-state index contributed by atoms with van der Waals surface area (Å²) < 4.78 is 18.3. The maximum absolute atomic E-state index is 13.0. The third-order valence-electron chi connectivity index (χ3n) is 5.27. The molecule has 1 N–H and O–H groups in total. The predicted molar refractivity (Wildman–Crippen MR) is 95.2 cm³/mol. The lowest BCUT2D eigenvalue weighted by molar-refractivity contribution is -0.129. The number of benzene rings is 2. The van der Waals surface area contributed by atoms with E-state index in [0.29, 0.717) is 24.8 Å². The second kappa shape index (κ2) is 7.12. The summed E-state index contributed by atoms with van der Waals surface area (Å²) in [5, 5.41) is 10.2. The minimum absolute atomic E-state index is 0.138. The van der Waals surface area contributed by atoms with Crippen LogP contribution >= 0.6 is 0 Å². The quantitative estimate of drug-likeness (QED) is 0.873. The highest BCUT2D eigenvalue weighted by molar-refractivity contribution is 5.94. The van der Waals surface area contributed by atoms with Gasteiger partial charge in [-0.2, -0.15) is 0 Å². The molecule has 2 aromatic rings. The van der Waals surface area contributed by atoms with Crippen molar-refractivity contribution < 1.29 is 23.8 Å². The van der Waals surface area contributed by atoms with E-state index in [1.165, 1.54) is 29.2 Å². The summed E-state index contributed by atoms with van der Waals surface area (Å²) in [6.07, 6.45) is -0.153. The Morgan fingerprint density at radius 3 is 2.74 bits per heavy atom. The summed E-state index contributed by atoms with van der Waals surface area (Å²) in [6, 6.07) is 13.0. The molecule has 2 amide bonds. The van der Waals surface area contributed by atoms with Gasteiger partial charge >= 0.3 is 6.09 Å². The molecular formula is C21H20FNO4. The van der Waals surface area contributed by atoms with Gasteiger partial charge in [0.05, 0.1) is 6.10 Å². The van der Waals surface area contributed by atoms with Crippen LogP contribution in [0.4, 0.5) is 9.18 Å². The van der Waals surface area contributed by atoms with Crippen molar-refractivity contribution in [1.82, 2.24) is 4.90 Å². The van der Waals surface area contributed by atoms with E-state index in [2.05, 4.69) is 0 Å². The molecule has 0 radical (unpaired) electrons. The number of amides is 2. The van der Waals surface area contributed by atoms with Gasteiger partial charge in [0, 0.05) is 12.8 Å². The number of hydrogen-bond acceptors (Lipinski definition) is 4. The van der Waals surface area contributed by atoms with Gasteiger partial charge in [-0.05, 0) is 41.7 Å². The number of aliphatic hydroxyl groups excluding tert-OH is 1. The monoisotopic (exact) mass is 369 g/mol. The van der Waals surface area contributed by atoms with E-state index >= 15 is 0 Å². The fourth-order valence-corrected chi connectivity index (χ4v) is 3.92. The van der Waals surface area contributed by atoms with Crippen molar-refractivity contribution >= 4 is 12.0 Å². The fourth-order valence-electron chi connectivity index (χ4n) is 3.92. The first kappa shape index (κ1) is 17.7. The molecule has 6 heteroatoms. The van der Waals surface area contributed by atoms with Crippen LogP contribution in [-0.4, -0.2) is 28.1 Å². The van der Waals surface area contributed by atoms with Crippen LogP contribution < -0.4 is 0 Å². The summed E-state index contributed by atoms with van der Waals surface area (Å²) in [4.78, 5) is 26.1. The van der Waals surface area contributed by atoms with E-state index < -0.39 is 12.2 Å². The predicted octanol–water partition coefficient (Wildman–Crippen LogP) is 3.67. The van der Waals surface area contributed by atoms with E-state index in [4.69, 9.17) is 4.74 Å². The molecule has 1 aliphatic carbocycles. The second-order valence-corrected chi connectivity index (χ2v) is 6.99. The highest BCUT2D eigenvalue weighted by atomic mass is 19.1. The number of ether oxygens (including phenoxy) is 1. The summed E-state index contributed by atoms with van der Waals surface area (Å²) in [7, 11) is 0. The number of carbonyl (C=O) groups is 2. The number of hydrogen-bond donors (Lipinski definition) is 1. The largest absolute Gasteiger partial charge is 0.443 e. The average molecular weight is 369 g/mol. The minimum atomic E-state index is -0.774. The summed E-state index contributed by atoms with van der Waals surface area (Å²) in [5.41, 5.74) is 2.67. The van der Waals surface area contributed by atoms with Gasteiger partial charge in [0.2, 0.25) is 5.91 Å². The Hall–Kier alpha value is -2.73. The molecule has 0 saturated carbocycles. The first-order valence-corrected chi connectivity index (χ1v) is 9.08. The topological polar surface area (TPSA) is 66.8 Å². The van der Waals surface area contributed by atoms with Gasteiger partial charge in [0.25, 0.3) is 0 Å². The molecule has 3 atom stereocenters. The first-order chi connectivity index (χ1) is 13.0. The summed E-state index contributed by atoms with van der Waals surface area (Å²) in [5.74, 6) is -0.657. The number of imide groups is 1. The maximum Gasteiger partial charge on any atom is 0.417 e. The lowest BCUT2D eigenvalue weighted by Gasteiger charge is -2.20. The smallest absolute Gasteiger partial charge is 0.417 e. The third kappa shape index (κ3) is 3.32. The lowest BCUT2D eigenvalue weighted by Crippen LogP contribution is -2.34. The van der Waals surface area contributed by atoms with Crippen molar-refractivity contribution in [3.8, 4) is 0 Å². The highest BCUT2D eigenvalue weighted by Crippen LogP contribution is 2.42. The van der Waals surface area contributed by atoms with Crippen LogP contribution in [0.25, 0.3) is 0 Å². The number of fused-ring (bicyclic) bond motifs is 3. The molecule has 0 unspecified atom stereocenters. The molecule has 1 saturated heterocycles. The zero-order valence-electron chi connectivity index (χ0n) is 14.7. The standard InChI is InChI=1S/C21H20FNO4/c22-15-10-8-13(9-11-15)17(24)6-3-7-19(25)23-20-16-5-2-1-4-14(16)12-18(20)27-21(23)26/h1-2,4-5,8-11,17-18,20,24H,3,6-7,12H2/t17-,18+,20-/m0/s1. The Morgan fingerprint density at radius 1 is 1.22 bits per heavy atom. The Kier molecular flexibility index (Phi) is 4.66. The zero-order chi connectivity index (χ0) is 19.0. The van der Waals surface area contributed by atoms with Crippen LogP contribution in [-0.2, 0) is 16.0 Å². The molecule has 1 aliphatic heterocycles. The van der Waals surface area contributed by atoms with Crippen LogP contribution in [0, 0.1) is 5.82 Å². The van der Waals surface area contributed by atoms with E-state index in [-0.39, 0.29) is 30.3 Å². The van der Waals surface area contributed by atoms with Crippen LogP contribution in [0.2, 0.25) is 0 Å². The van der Waals surface area contributed by atoms with Gasteiger partial charge in [0.15, 0.2) is 0 Å². The second-order valence-electron chi connectivity index (χ2n) is 6.99. The Labute approximate surface area is 156 Å². The fraction of sp³-hybridized carbons (Fsp3) is 0.333. The molecule has 0 aromatic heterocycles. The summed E-state index contributed by atoms with van der Waals surface area (Å²) in [6.45, 7) is 0. The Bertz CT molecular complexity index is 867. The zero-order valence-corrected chi connectivity index (χ0v) is 14.7. The average Bonchev–Trinajstić information content (AvgIpc) is 3.16. The Morgan fingerprint density at radius 2 is 1.96 bits per heavy atom. The van der Waals surface area contributed by atoms with E-state index in [1.54, 1.807) is 0 Å². The van der Waals surface area contributed by atoms with Gasteiger partial charge in [-0.25, -0.2) is 14.1 Å². The summed E-state index contributed by atoms with van der Waals surface area (Å²) >= 11 is 0. The van der Waals surface area contributed by atoms with Crippen molar-refractivity contribution in [3.63, 3.8) is 0 Å². The van der Waals surface area contributed by atoms with E-state index in [1.807, 2.05) is 24.3 Å². The molecule has 140 valence electrons. The van der Waals surface area contributed by atoms with Gasteiger partial charge in [-0.3, -0.25) is 4.79 Å². The number of halogens is 1. The molecule has 5 nitrogen and oxygen atoms in total.